The summed E-state index contributed by atoms with van der Waals surface area (Å²) in [4.78, 5) is 14.3. The molecule has 0 saturated carbocycles. The molecule has 0 bridgehead atoms. The highest BCUT2D eigenvalue weighted by Crippen LogP contribution is 2.24. The second kappa shape index (κ2) is 7.17. The number of nitrogens with zero attached hydrogens (tertiary/aromatic N) is 2. The molecule has 1 atom stereocenters. The molecule has 118 valence electrons. The lowest BCUT2D eigenvalue weighted by Crippen LogP contribution is -2.28. The fourth-order valence-electron chi connectivity index (χ4n) is 2.10. The van der Waals surface area contributed by atoms with Gasteiger partial charge in [-0.3, -0.25) is 4.79 Å². The molecule has 1 aliphatic rings. The third kappa shape index (κ3) is 3.82. The number of benzene rings is 1. The van der Waals surface area contributed by atoms with Crippen LogP contribution < -0.4 is 0 Å². The molecule has 0 spiro atoms. The lowest BCUT2D eigenvalue weighted by molar-refractivity contribution is 0.0952. The van der Waals surface area contributed by atoms with E-state index in [4.69, 9.17) is 16.3 Å². The highest BCUT2D eigenvalue weighted by Gasteiger charge is 2.29. The topological polar surface area (TPSA) is 53.3 Å². The third-order valence-electron chi connectivity index (χ3n) is 3.44. The van der Waals surface area contributed by atoms with Crippen LogP contribution in [0, 0.1) is 11.3 Å². The van der Waals surface area contributed by atoms with Gasteiger partial charge in [-0.15, -0.1) is 0 Å². The minimum atomic E-state index is -1.09. The number of allylic oxidation sites excluding steroid dienone is 3. The Hall–Kier alpha value is -2.51. The largest absolute Gasteiger partial charge is 0.474 e. The Kier molecular flexibility index (Phi) is 5.25. The van der Waals surface area contributed by atoms with Crippen molar-refractivity contribution in [1.82, 2.24) is 4.90 Å². The third-order valence-corrected chi connectivity index (χ3v) is 3.77. The minimum Gasteiger partial charge on any atom is -0.474 e. The molecule has 5 heteroatoms. The van der Waals surface area contributed by atoms with Crippen LogP contribution in [-0.2, 0) is 4.74 Å². The first kappa shape index (κ1) is 16.9. The summed E-state index contributed by atoms with van der Waals surface area (Å²) >= 11 is 6.09. The van der Waals surface area contributed by atoms with Crippen LogP contribution in [-0.4, -0.2) is 30.4 Å². The van der Waals surface area contributed by atoms with E-state index in [2.05, 4.69) is 6.07 Å². The highest BCUT2D eigenvalue weighted by atomic mass is 35.5. The summed E-state index contributed by atoms with van der Waals surface area (Å²) < 4.78 is 5.66. The van der Waals surface area contributed by atoms with E-state index in [1.54, 1.807) is 55.4 Å². The Morgan fingerprint density at radius 3 is 2.70 bits per heavy atom. The maximum atomic E-state index is 12.7. The van der Waals surface area contributed by atoms with Crippen LogP contribution in [0.3, 0.4) is 0 Å². The molecule has 1 unspecified atom stereocenters. The number of ketones is 1. The number of halogens is 1. The molecule has 0 heterocycles. The van der Waals surface area contributed by atoms with E-state index >= 15 is 0 Å². The van der Waals surface area contributed by atoms with Crippen molar-refractivity contribution in [3.63, 3.8) is 0 Å². The van der Waals surface area contributed by atoms with Gasteiger partial charge >= 0.3 is 0 Å². The SMILES string of the molecule is CN(C)/C(=C/OC1(C#N)C=CC=CC1)C(=O)c1ccccc1Cl. The van der Waals surface area contributed by atoms with Gasteiger partial charge in [0.2, 0.25) is 11.4 Å². The molecule has 1 aromatic carbocycles. The molecule has 0 aromatic heterocycles. The van der Waals surface area contributed by atoms with Gasteiger partial charge in [-0.1, -0.05) is 42.0 Å². The van der Waals surface area contributed by atoms with E-state index in [0.29, 0.717) is 22.7 Å². The first-order valence-electron chi connectivity index (χ1n) is 7.09. The van der Waals surface area contributed by atoms with Crippen molar-refractivity contribution < 1.29 is 9.53 Å². The first-order chi connectivity index (χ1) is 11.0. The lowest BCUT2D eigenvalue weighted by Gasteiger charge is -2.24. The summed E-state index contributed by atoms with van der Waals surface area (Å²) in [5, 5.41) is 9.76. The van der Waals surface area contributed by atoms with E-state index in [0.717, 1.165) is 0 Å². The van der Waals surface area contributed by atoms with E-state index < -0.39 is 5.60 Å². The molecule has 0 fully saturated rings. The molecular formula is C18H17ClN2O2. The van der Waals surface area contributed by atoms with Gasteiger partial charge < -0.3 is 9.64 Å². The van der Waals surface area contributed by atoms with Crippen molar-refractivity contribution in [3.8, 4) is 6.07 Å². The molecule has 0 N–H and O–H groups in total. The van der Waals surface area contributed by atoms with E-state index in [9.17, 15) is 10.1 Å². The summed E-state index contributed by atoms with van der Waals surface area (Å²) in [6.07, 6.45) is 8.89. The molecule has 23 heavy (non-hydrogen) atoms. The Labute approximate surface area is 140 Å². The van der Waals surface area contributed by atoms with E-state index in [1.807, 2.05) is 12.2 Å². The Bertz CT molecular complexity index is 729. The van der Waals surface area contributed by atoms with Gasteiger partial charge in [0.25, 0.3) is 0 Å². The van der Waals surface area contributed by atoms with Crippen LogP contribution in [0.25, 0.3) is 0 Å². The average Bonchev–Trinajstić information content (AvgIpc) is 2.56. The summed E-state index contributed by atoms with van der Waals surface area (Å²) in [5.74, 6) is -0.260. The van der Waals surface area contributed by atoms with Gasteiger partial charge in [-0.25, -0.2) is 0 Å². The van der Waals surface area contributed by atoms with Crippen LogP contribution in [0.15, 0.2) is 60.5 Å². The standard InChI is InChI=1S/C18H17ClN2O2/c1-21(2)16(17(22)14-8-4-5-9-15(14)19)12-23-18(13-20)10-6-3-7-11-18/h3-10,12H,11H2,1-2H3/b16-12+. The highest BCUT2D eigenvalue weighted by molar-refractivity contribution is 6.34. The second-order valence-electron chi connectivity index (χ2n) is 5.32. The summed E-state index contributed by atoms with van der Waals surface area (Å²) in [6.45, 7) is 0. The first-order valence-corrected chi connectivity index (χ1v) is 7.47. The number of carbonyl (C=O) groups is 1. The molecule has 0 aliphatic heterocycles. The molecule has 0 radical (unpaired) electrons. The summed E-state index contributed by atoms with van der Waals surface area (Å²) in [6, 6.07) is 8.97. The van der Waals surface area contributed by atoms with Crippen molar-refractivity contribution in [2.45, 2.75) is 12.0 Å². The van der Waals surface area contributed by atoms with E-state index in [-0.39, 0.29) is 5.78 Å². The molecule has 1 aliphatic carbocycles. The number of nitriles is 1. The number of likely N-dealkylation sites (N-methyl/N-ethyl adjacent to an activating group) is 1. The second-order valence-corrected chi connectivity index (χ2v) is 5.72. The van der Waals surface area contributed by atoms with Crippen LogP contribution >= 0.6 is 11.6 Å². The lowest BCUT2D eigenvalue weighted by atomic mass is 9.97. The number of hydrogen-bond acceptors (Lipinski definition) is 4. The van der Waals surface area contributed by atoms with E-state index in [1.165, 1.54) is 6.26 Å². The fraction of sp³-hybridized carbons (Fsp3) is 0.222. The predicted molar refractivity (Wildman–Crippen MR) is 89.9 cm³/mol. The maximum Gasteiger partial charge on any atom is 0.215 e. The minimum absolute atomic E-state index is 0.260. The van der Waals surface area contributed by atoms with Gasteiger partial charge in [0.1, 0.15) is 18.0 Å². The molecule has 4 nitrogen and oxygen atoms in total. The van der Waals surface area contributed by atoms with Crippen molar-refractivity contribution in [2.75, 3.05) is 14.1 Å². The van der Waals surface area contributed by atoms with Crippen molar-refractivity contribution in [1.29, 1.82) is 5.26 Å². The molecule has 2 rings (SSSR count). The zero-order valence-corrected chi connectivity index (χ0v) is 13.7. The number of Topliss-reactive ketones (excluding diaryl/α,β-unsaturated/α-hetero) is 1. The fourth-order valence-corrected chi connectivity index (χ4v) is 2.33. The summed E-state index contributed by atoms with van der Waals surface area (Å²) in [5.41, 5.74) is -0.380. The van der Waals surface area contributed by atoms with Gasteiger partial charge in [-0.05, 0) is 18.2 Å². The van der Waals surface area contributed by atoms with Crippen molar-refractivity contribution >= 4 is 17.4 Å². The van der Waals surface area contributed by atoms with Crippen LogP contribution in [0.4, 0.5) is 0 Å². The number of hydrogen-bond donors (Lipinski definition) is 0. The molecule has 0 saturated heterocycles. The number of ether oxygens (including phenoxy) is 1. The molecular weight excluding hydrogens is 312 g/mol. The predicted octanol–water partition coefficient (Wildman–Crippen LogP) is 3.72. The average molecular weight is 329 g/mol. The van der Waals surface area contributed by atoms with Crippen LogP contribution in [0.2, 0.25) is 5.02 Å². The van der Waals surface area contributed by atoms with Crippen LogP contribution in [0.5, 0.6) is 0 Å². The van der Waals surface area contributed by atoms with Gasteiger partial charge in [-0.2, -0.15) is 5.26 Å². The molecule has 0 amide bonds. The Balaban J connectivity index is 2.30. The van der Waals surface area contributed by atoms with Crippen molar-refractivity contribution in [2.24, 2.45) is 0 Å². The normalized spacial score (nSPS) is 20.0. The molecule has 1 aromatic rings. The Morgan fingerprint density at radius 1 is 1.39 bits per heavy atom. The number of rotatable bonds is 5. The maximum absolute atomic E-state index is 12.7. The van der Waals surface area contributed by atoms with Gasteiger partial charge in [0.05, 0.1) is 5.02 Å². The van der Waals surface area contributed by atoms with Gasteiger partial charge in [0, 0.05) is 26.1 Å². The van der Waals surface area contributed by atoms with Crippen molar-refractivity contribution in [3.05, 3.63) is 71.1 Å². The summed E-state index contributed by atoms with van der Waals surface area (Å²) in [7, 11) is 3.47. The van der Waals surface area contributed by atoms with Crippen LogP contribution in [0.1, 0.15) is 16.8 Å². The Morgan fingerprint density at radius 2 is 2.13 bits per heavy atom. The number of carbonyl (C=O) groups excluding carboxylic acids is 1. The smallest absolute Gasteiger partial charge is 0.215 e. The quantitative estimate of drug-likeness (QED) is 0.469. The zero-order chi connectivity index (χ0) is 16.9. The van der Waals surface area contributed by atoms with Gasteiger partial charge in [0.15, 0.2) is 0 Å². The zero-order valence-electron chi connectivity index (χ0n) is 13.0. The monoisotopic (exact) mass is 328 g/mol.